The summed E-state index contributed by atoms with van der Waals surface area (Å²) in [5.41, 5.74) is 0.802. The zero-order valence-electron chi connectivity index (χ0n) is 49.6. The standard InChI is InChI=1S/C57H97N7O15/c1-15-37(7)51(63(11)56(72)50(36(5)6)62-55(71)49(58-10)35(3)4)44(74-12)32-46(67)64-29-21-25-43(64)52(76-14)38(8)53(69)61-42(31-40-23-18-17-19-24-40)54(70)59-28-22-30-77-57(73)39(9)60-45(66)26-20-27-47(68)78-34-48(75-13)79-41(16-2)33-65/h17-19,23-24,35-39,41-44,48-52,58,65H,15-16,20-22,25-34H2,1-14H3,(H,59,70)(H,60,66)(H,61,69)(H,62,71)/t37?,38-,39+,41?,42+,43+,44?,48?,49+,50+,51+,52-/m1/s1. The first kappa shape index (κ1) is 69.8. The first-order valence-electron chi connectivity index (χ1n) is 28.2. The molecule has 450 valence electrons. The van der Waals surface area contributed by atoms with E-state index in [0.29, 0.717) is 32.2 Å². The van der Waals surface area contributed by atoms with Crippen molar-refractivity contribution < 1.29 is 71.9 Å². The molecule has 6 amide bonds. The van der Waals surface area contributed by atoms with Crippen LogP contribution in [0.25, 0.3) is 0 Å². The van der Waals surface area contributed by atoms with E-state index in [1.165, 1.54) is 28.3 Å². The van der Waals surface area contributed by atoms with Crippen molar-refractivity contribution in [2.75, 3.05) is 68.3 Å². The van der Waals surface area contributed by atoms with Gasteiger partial charge in [-0.15, -0.1) is 0 Å². The SMILES string of the molecule is CCC(CO)OC(COC(=O)CCCC(=O)N[C@@H](C)C(=O)OCCCNC(=O)[C@H](Cc1ccccc1)NC(=O)[C@H](C)[C@@H](OC)[C@@H]1CCCN1C(=O)CC(OC)[C@H](C(C)CC)N(C)C(=O)[C@@H](NC(=O)[C@@H](NC)C(C)C)C(C)C)OC. The van der Waals surface area contributed by atoms with Crippen LogP contribution in [0.2, 0.25) is 0 Å². The first-order chi connectivity index (χ1) is 37.5. The molecule has 1 fully saturated rings. The number of aliphatic hydroxyl groups excluding tert-OH is 1. The molecule has 0 aliphatic carbocycles. The van der Waals surface area contributed by atoms with Crippen LogP contribution >= 0.6 is 0 Å². The van der Waals surface area contributed by atoms with Gasteiger partial charge < -0.3 is 69.9 Å². The van der Waals surface area contributed by atoms with Crippen molar-refractivity contribution in [2.45, 2.75) is 187 Å². The number of aliphatic hydroxyl groups is 1. The minimum Gasteiger partial charge on any atom is -0.464 e. The molecule has 6 N–H and O–H groups in total. The summed E-state index contributed by atoms with van der Waals surface area (Å²) in [6.07, 6.45) is 0.109. The second-order valence-electron chi connectivity index (χ2n) is 21.2. The fourth-order valence-electron chi connectivity index (χ4n) is 9.76. The summed E-state index contributed by atoms with van der Waals surface area (Å²) in [4.78, 5) is 111. The highest BCUT2D eigenvalue weighted by molar-refractivity contribution is 5.91. The van der Waals surface area contributed by atoms with Crippen molar-refractivity contribution in [3.8, 4) is 0 Å². The van der Waals surface area contributed by atoms with Crippen molar-refractivity contribution in [3.63, 3.8) is 0 Å². The van der Waals surface area contributed by atoms with Gasteiger partial charge in [0.1, 0.15) is 24.7 Å². The van der Waals surface area contributed by atoms with E-state index in [1.54, 1.807) is 30.8 Å². The number of ether oxygens (including phenoxy) is 6. The molecule has 0 radical (unpaired) electrons. The number of hydrogen-bond acceptors (Lipinski definition) is 16. The van der Waals surface area contributed by atoms with Crippen LogP contribution in [0.1, 0.15) is 126 Å². The summed E-state index contributed by atoms with van der Waals surface area (Å²) in [6.45, 7) is 16.7. The lowest BCUT2D eigenvalue weighted by molar-refractivity contribution is -0.194. The van der Waals surface area contributed by atoms with Gasteiger partial charge in [-0.05, 0) is 69.4 Å². The van der Waals surface area contributed by atoms with Crippen LogP contribution in [-0.4, -0.2) is 191 Å². The van der Waals surface area contributed by atoms with Crippen LogP contribution in [-0.2, 0) is 73.2 Å². The van der Waals surface area contributed by atoms with Crippen LogP contribution in [0.15, 0.2) is 30.3 Å². The zero-order chi connectivity index (χ0) is 59.4. The Kier molecular flexibility index (Phi) is 32.6. The van der Waals surface area contributed by atoms with Crippen molar-refractivity contribution in [1.82, 2.24) is 36.4 Å². The van der Waals surface area contributed by atoms with Gasteiger partial charge in [-0.2, -0.15) is 0 Å². The predicted octanol–water partition coefficient (Wildman–Crippen LogP) is 3.05. The van der Waals surface area contributed by atoms with Crippen molar-refractivity contribution >= 4 is 47.4 Å². The first-order valence-corrected chi connectivity index (χ1v) is 28.2. The maximum atomic E-state index is 14.5. The number of nitrogens with one attached hydrogen (secondary N) is 5. The van der Waals surface area contributed by atoms with Crippen LogP contribution in [0.5, 0.6) is 0 Å². The lowest BCUT2D eigenvalue weighted by atomic mass is 9.89. The lowest BCUT2D eigenvalue weighted by Crippen LogP contribution is -2.59. The van der Waals surface area contributed by atoms with E-state index >= 15 is 0 Å². The molecule has 0 aromatic heterocycles. The Hall–Kier alpha value is -5.26. The van der Waals surface area contributed by atoms with Gasteiger partial charge in [0.2, 0.25) is 35.4 Å². The van der Waals surface area contributed by atoms with Gasteiger partial charge in [-0.3, -0.25) is 33.6 Å². The number of rotatable bonds is 38. The van der Waals surface area contributed by atoms with Gasteiger partial charge in [0.05, 0.1) is 62.0 Å². The van der Waals surface area contributed by atoms with E-state index in [4.69, 9.17) is 28.4 Å². The molecule has 12 atom stereocenters. The summed E-state index contributed by atoms with van der Waals surface area (Å²) in [5.74, 6) is -4.54. The number of benzene rings is 1. The van der Waals surface area contributed by atoms with E-state index in [-0.39, 0.29) is 100 Å². The van der Waals surface area contributed by atoms with Crippen LogP contribution in [0, 0.1) is 23.7 Å². The molecule has 1 saturated heterocycles. The van der Waals surface area contributed by atoms with E-state index in [0.717, 1.165) is 5.56 Å². The van der Waals surface area contributed by atoms with Crippen LogP contribution < -0.4 is 26.6 Å². The summed E-state index contributed by atoms with van der Waals surface area (Å²) in [5, 5.41) is 23.7. The number of nitrogens with zero attached hydrogens (tertiary/aromatic N) is 2. The normalized spacial score (nSPS) is 17.7. The third-order valence-corrected chi connectivity index (χ3v) is 14.7. The molecule has 22 heteroatoms. The highest BCUT2D eigenvalue weighted by Gasteiger charge is 2.43. The molecular formula is C57H97N7O15. The van der Waals surface area contributed by atoms with Gasteiger partial charge in [0.15, 0.2) is 6.29 Å². The molecule has 79 heavy (non-hydrogen) atoms. The molecule has 0 spiro atoms. The number of amides is 6. The van der Waals surface area contributed by atoms with Crippen molar-refractivity contribution in [2.24, 2.45) is 23.7 Å². The number of likely N-dealkylation sites (tertiary alicyclic amines) is 1. The van der Waals surface area contributed by atoms with Gasteiger partial charge in [-0.25, -0.2) is 4.79 Å². The molecule has 1 aliphatic heterocycles. The monoisotopic (exact) mass is 1120 g/mol. The lowest BCUT2D eigenvalue weighted by Gasteiger charge is -2.41. The highest BCUT2D eigenvalue weighted by Crippen LogP contribution is 2.30. The molecular weight excluding hydrogens is 1020 g/mol. The second-order valence-corrected chi connectivity index (χ2v) is 21.2. The molecule has 4 unspecified atom stereocenters. The Morgan fingerprint density at radius 2 is 1.46 bits per heavy atom. The Bertz CT molecular complexity index is 2030. The minimum absolute atomic E-state index is 0.00897. The maximum Gasteiger partial charge on any atom is 0.328 e. The topological polar surface area (TPSA) is 279 Å². The zero-order valence-corrected chi connectivity index (χ0v) is 49.6. The quantitative estimate of drug-likeness (QED) is 0.0315. The molecule has 1 aromatic rings. The van der Waals surface area contributed by atoms with E-state index in [2.05, 4.69) is 26.6 Å². The Balaban J connectivity index is 2.06. The van der Waals surface area contributed by atoms with Gasteiger partial charge in [-0.1, -0.05) is 92.1 Å². The highest BCUT2D eigenvalue weighted by atomic mass is 16.7. The summed E-state index contributed by atoms with van der Waals surface area (Å²) >= 11 is 0. The van der Waals surface area contributed by atoms with E-state index < -0.39 is 96.4 Å². The molecule has 1 heterocycles. The van der Waals surface area contributed by atoms with E-state index in [9.17, 15) is 43.5 Å². The second kappa shape index (κ2) is 36.9. The fourth-order valence-corrected chi connectivity index (χ4v) is 9.76. The summed E-state index contributed by atoms with van der Waals surface area (Å²) in [7, 11) is 7.82. The summed E-state index contributed by atoms with van der Waals surface area (Å²) < 4.78 is 33.3. The predicted molar refractivity (Wildman–Crippen MR) is 297 cm³/mol. The molecule has 22 nitrogen and oxygen atoms in total. The van der Waals surface area contributed by atoms with Crippen LogP contribution in [0.4, 0.5) is 0 Å². The number of hydrogen-bond donors (Lipinski definition) is 6. The average Bonchev–Trinajstić information content (AvgIpc) is 3.92. The van der Waals surface area contributed by atoms with Gasteiger partial charge in [0, 0.05) is 60.7 Å². The number of carbonyl (C=O) groups excluding carboxylic acids is 8. The number of methoxy groups -OCH3 is 3. The largest absolute Gasteiger partial charge is 0.464 e. The third kappa shape index (κ3) is 23.0. The average molecular weight is 1120 g/mol. The molecule has 0 bridgehead atoms. The van der Waals surface area contributed by atoms with Crippen molar-refractivity contribution in [1.29, 1.82) is 0 Å². The number of likely N-dealkylation sites (N-methyl/N-ethyl adjacent to an activating group) is 2. The molecule has 2 rings (SSSR count). The van der Waals surface area contributed by atoms with Gasteiger partial charge >= 0.3 is 11.9 Å². The Labute approximate surface area is 469 Å². The smallest absolute Gasteiger partial charge is 0.328 e. The van der Waals surface area contributed by atoms with Gasteiger partial charge in [0.25, 0.3) is 0 Å². The molecule has 1 aromatic carbocycles. The number of esters is 2. The Morgan fingerprint density at radius 3 is 2.03 bits per heavy atom. The third-order valence-electron chi connectivity index (χ3n) is 14.7. The maximum absolute atomic E-state index is 14.5. The number of carbonyl (C=O) groups is 8. The van der Waals surface area contributed by atoms with E-state index in [1.807, 2.05) is 78.8 Å². The minimum atomic E-state index is -0.999. The molecule has 0 saturated carbocycles. The van der Waals surface area contributed by atoms with Crippen LogP contribution in [0.3, 0.4) is 0 Å². The molecule has 1 aliphatic rings. The fraction of sp³-hybridized carbons (Fsp3) is 0.754. The summed E-state index contributed by atoms with van der Waals surface area (Å²) in [6, 6.07) is 4.92. The Morgan fingerprint density at radius 1 is 0.785 bits per heavy atom. The van der Waals surface area contributed by atoms with Crippen molar-refractivity contribution in [3.05, 3.63) is 35.9 Å².